The predicted octanol–water partition coefficient (Wildman–Crippen LogP) is 2.30. The van der Waals surface area contributed by atoms with E-state index in [-0.39, 0.29) is 0 Å². The van der Waals surface area contributed by atoms with E-state index in [0.717, 1.165) is 29.7 Å². The normalized spacial score (nSPS) is 16.4. The molecule has 0 unspecified atom stereocenters. The average Bonchev–Trinajstić information content (AvgIpc) is 2.76. The van der Waals surface area contributed by atoms with E-state index in [4.69, 9.17) is 5.73 Å². The lowest BCUT2D eigenvalue weighted by Gasteiger charge is -2.24. The lowest BCUT2D eigenvalue weighted by Crippen LogP contribution is -2.26. The molecule has 0 amide bonds. The van der Waals surface area contributed by atoms with E-state index in [0.29, 0.717) is 5.82 Å². The largest absolute Gasteiger partial charge is 0.383 e. The molecule has 1 heterocycles. The zero-order chi connectivity index (χ0) is 12.4. The van der Waals surface area contributed by atoms with Crippen molar-refractivity contribution in [3.05, 3.63) is 11.4 Å². The number of aryl methyl sites for hydroxylation is 1. The van der Waals surface area contributed by atoms with Gasteiger partial charge in [-0.1, -0.05) is 12.8 Å². The molecule has 0 bridgehead atoms. The van der Waals surface area contributed by atoms with E-state index in [9.17, 15) is 0 Å². The number of anilines is 2. The van der Waals surface area contributed by atoms with Gasteiger partial charge in [-0.2, -0.15) is 0 Å². The van der Waals surface area contributed by atoms with Gasteiger partial charge in [0.1, 0.15) is 17.5 Å². The standard InChI is InChI=1S/C13H22N4/c1-9-12(14)15-10(2)16-13(9)17(3)8-11-6-4-5-7-11/h11H,4-8H2,1-3H3,(H2,14,15,16). The fourth-order valence-corrected chi connectivity index (χ4v) is 2.67. The van der Waals surface area contributed by atoms with Crippen LogP contribution in [0.25, 0.3) is 0 Å². The number of rotatable bonds is 3. The summed E-state index contributed by atoms with van der Waals surface area (Å²) in [6.45, 7) is 4.97. The van der Waals surface area contributed by atoms with Gasteiger partial charge in [0.2, 0.25) is 0 Å². The van der Waals surface area contributed by atoms with Crippen molar-refractivity contribution >= 4 is 11.6 Å². The van der Waals surface area contributed by atoms with Crippen molar-refractivity contribution in [1.29, 1.82) is 0 Å². The predicted molar refractivity (Wildman–Crippen MR) is 71.1 cm³/mol. The first kappa shape index (κ1) is 12.1. The van der Waals surface area contributed by atoms with Crippen molar-refractivity contribution in [2.45, 2.75) is 39.5 Å². The summed E-state index contributed by atoms with van der Waals surface area (Å²) < 4.78 is 0. The maximum atomic E-state index is 5.89. The lowest BCUT2D eigenvalue weighted by atomic mass is 10.1. The van der Waals surface area contributed by atoms with Crippen LogP contribution in [0.15, 0.2) is 0 Å². The number of nitrogens with two attached hydrogens (primary N) is 1. The van der Waals surface area contributed by atoms with Gasteiger partial charge in [-0.05, 0) is 32.6 Å². The molecule has 1 aromatic heterocycles. The van der Waals surface area contributed by atoms with Gasteiger partial charge in [0, 0.05) is 19.2 Å². The van der Waals surface area contributed by atoms with Crippen LogP contribution in [0.3, 0.4) is 0 Å². The average molecular weight is 234 g/mol. The van der Waals surface area contributed by atoms with Gasteiger partial charge in [-0.3, -0.25) is 0 Å². The molecule has 0 aromatic carbocycles. The lowest BCUT2D eigenvalue weighted by molar-refractivity contribution is 0.544. The molecule has 0 atom stereocenters. The topological polar surface area (TPSA) is 55.0 Å². The molecule has 17 heavy (non-hydrogen) atoms. The third-order valence-electron chi connectivity index (χ3n) is 3.64. The second-order valence-corrected chi connectivity index (χ2v) is 5.14. The summed E-state index contributed by atoms with van der Waals surface area (Å²) in [4.78, 5) is 10.9. The molecule has 1 aromatic rings. The van der Waals surface area contributed by atoms with Crippen LogP contribution < -0.4 is 10.6 Å². The van der Waals surface area contributed by atoms with E-state index in [1.807, 2.05) is 13.8 Å². The zero-order valence-corrected chi connectivity index (χ0v) is 11.0. The number of hydrogen-bond acceptors (Lipinski definition) is 4. The summed E-state index contributed by atoms with van der Waals surface area (Å²) in [6, 6.07) is 0. The fraction of sp³-hybridized carbons (Fsp3) is 0.692. The minimum Gasteiger partial charge on any atom is -0.383 e. The Kier molecular flexibility index (Phi) is 3.50. The van der Waals surface area contributed by atoms with Gasteiger partial charge >= 0.3 is 0 Å². The van der Waals surface area contributed by atoms with E-state index < -0.39 is 0 Å². The van der Waals surface area contributed by atoms with Gasteiger partial charge in [0.05, 0.1) is 0 Å². The molecule has 94 valence electrons. The number of nitrogens with zero attached hydrogens (tertiary/aromatic N) is 3. The summed E-state index contributed by atoms with van der Waals surface area (Å²) in [5.41, 5.74) is 6.89. The minimum absolute atomic E-state index is 0.603. The number of nitrogen functional groups attached to an aromatic ring is 1. The maximum absolute atomic E-state index is 5.89. The Morgan fingerprint density at radius 2 is 1.88 bits per heavy atom. The SMILES string of the molecule is Cc1nc(N)c(C)c(N(C)CC2CCCC2)n1. The van der Waals surface area contributed by atoms with Crippen LogP contribution in [-0.4, -0.2) is 23.6 Å². The van der Waals surface area contributed by atoms with Crippen molar-refractivity contribution in [2.75, 3.05) is 24.2 Å². The number of aromatic nitrogens is 2. The third kappa shape index (κ3) is 2.68. The Hall–Kier alpha value is -1.32. The third-order valence-corrected chi connectivity index (χ3v) is 3.64. The molecule has 1 aliphatic rings. The molecule has 0 saturated heterocycles. The Bertz CT molecular complexity index is 397. The highest BCUT2D eigenvalue weighted by atomic mass is 15.2. The summed E-state index contributed by atoms with van der Waals surface area (Å²) in [6.07, 6.45) is 5.46. The minimum atomic E-state index is 0.603. The van der Waals surface area contributed by atoms with Crippen molar-refractivity contribution in [2.24, 2.45) is 5.92 Å². The zero-order valence-electron chi connectivity index (χ0n) is 11.0. The van der Waals surface area contributed by atoms with Gasteiger partial charge in [-0.25, -0.2) is 9.97 Å². The Morgan fingerprint density at radius 1 is 1.24 bits per heavy atom. The van der Waals surface area contributed by atoms with E-state index >= 15 is 0 Å². The Morgan fingerprint density at radius 3 is 2.53 bits per heavy atom. The monoisotopic (exact) mass is 234 g/mol. The molecule has 1 saturated carbocycles. The van der Waals surface area contributed by atoms with Crippen molar-refractivity contribution in [3.63, 3.8) is 0 Å². The molecule has 0 aliphatic heterocycles. The molecule has 1 aliphatic carbocycles. The van der Waals surface area contributed by atoms with Crippen LogP contribution in [0.4, 0.5) is 11.6 Å². The summed E-state index contributed by atoms with van der Waals surface area (Å²) in [5, 5.41) is 0. The molecule has 1 fully saturated rings. The quantitative estimate of drug-likeness (QED) is 0.872. The van der Waals surface area contributed by atoms with Crippen LogP contribution >= 0.6 is 0 Å². The molecule has 4 nitrogen and oxygen atoms in total. The van der Waals surface area contributed by atoms with Gasteiger partial charge in [0.25, 0.3) is 0 Å². The Labute approximate surface area is 103 Å². The first-order valence-electron chi connectivity index (χ1n) is 6.39. The van der Waals surface area contributed by atoms with Crippen molar-refractivity contribution < 1.29 is 0 Å². The molecule has 0 spiro atoms. The summed E-state index contributed by atoms with van der Waals surface area (Å²) in [7, 11) is 2.10. The molecule has 0 radical (unpaired) electrons. The molecule has 4 heteroatoms. The summed E-state index contributed by atoms with van der Waals surface area (Å²) in [5.74, 6) is 3.16. The highest BCUT2D eigenvalue weighted by Gasteiger charge is 2.19. The Balaban J connectivity index is 2.14. The van der Waals surface area contributed by atoms with Crippen molar-refractivity contribution in [3.8, 4) is 0 Å². The molecule has 2 N–H and O–H groups in total. The van der Waals surface area contributed by atoms with Gasteiger partial charge in [-0.15, -0.1) is 0 Å². The van der Waals surface area contributed by atoms with Crippen LogP contribution in [0.1, 0.15) is 37.1 Å². The fourth-order valence-electron chi connectivity index (χ4n) is 2.67. The van der Waals surface area contributed by atoms with Crippen LogP contribution in [0, 0.1) is 19.8 Å². The highest BCUT2D eigenvalue weighted by molar-refractivity contribution is 5.56. The van der Waals surface area contributed by atoms with E-state index in [1.54, 1.807) is 0 Å². The van der Waals surface area contributed by atoms with Gasteiger partial charge < -0.3 is 10.6 Å². The second-order valence-electron chi connectivity index (χ2n) is 5.14. The van der Waals surface area contributed by atoms with Crippen molar-refractivity contribution in [1.82, 2.24) is 9.97 Å². The highest BCUT2D eigenvalue weighted by Crippen LogP contribution is 2.28. The maximum Gasteiger partial charge on any atom is 0.137 e. The van der Waals surface area contributed by atoms with Crippen LogP contribution in [0.2, 0.25) is 0 Å². The van der Waals surface area contributed by atoms with Gasteiger partial charge in [0.15, 0.2) is 0 Å². The summed E-state index contributed by atoms with van der Waals surface area (Å²) >= 11 is 0. The molecule has 2 rings (SSSR count). The first-order valence-corrected chi connectivity index (χ1v) is 6.39. The molecular weight excluding hydrogens is 212 g/mol. The van der Waals surface area contributed by atoms with Crippen LogP contribution in [0.5, 0.6) is 0 Å². The molecular formula is C13H22N4. The van der Waals surface area contributed by atoms with E-state index in [1.165, 1.54) is 25.7 Å². The van der Waals surface area contributed by atoms with Crippen LogP contribution in [-0.2, 0) is 0 Å². The number of hydrogen-bond donors (Lipinski definition) is 1. The van der Waals surface area contributed by atoms with E-state index in [2.05, 4.69) is 21.9 Å². The second kappa shape index (κ2) is 4.90. The first-order chi connectivity index (χ1) is 8.08. The smallest absolute Gasteiger partial charge is 0.137 e.